The number of rotatable bonds is 8. The Kier molecular flexibility index (Phi) is 11.0. The van der Waals surface area contributed by atoms with E-state index >= 15 is 8.78 Å². The van der Waals surface area contributed by atoms with Crippen LogP contribution in [0.15, 0.2) is 73.1 Å². The average Bonchev–Trinajstić information content (AvgIpc) is 3.59. The first-order valence-corrected chi connectivity index (χ1v) is 21.2. The monoisotopic (exact) mass is 848 g/mol. The second-order valence-corrected chi connectivity index (χ2v) is 17.0. The highest BCUT2D eigenvalue weighted by atomic mass is 19.3. The van der Waals surface area contributed by atoms with Gasteiger partial charge in [-0.2, -0.15) is 0 Å². The number of hydrogen-bond acceptors (Lipinski definition) is 11. The Morgan fingerprint density at radius 3 is 2.52 bits per heavy atom. The number of nitrogens with one attached hydrogen (secondary N) is 1. The molecule has 0 aliphatic carbocycles. The number of aromatic hydroxyl groups is 1. The van der Waals surface area contributed by atoms with Crippen molar-refractivity contribution in [3.8, 4) is 17.0 Å². The summed E-state index contributed by atoms with van der Waals surface area (Å²) in [5.74, 6) is -4.29. The van der Waals surface area contributed by atoms with Crippen LogP contribution in [0.5, 0.6) is 5.75 Å². The van der Waals surface area contributed by atoms with Crippen LogP contribution in [0.3, 0.4) is 0 Å². The fourth-order valence-electron chi connectivity index (χ4n) is 9.42. The van der Waals surface area contributed by atoms with Crippen LogP contribution >= 0.6 is 0 Å². The number of halogens is 2. The molecule has 15 nitrogen and oxygen atoms in total. The zero-order valence-electron chi connectivity index (χ0n) is 34.7. The van der Waals surface area contributed by atoms with Crippen LogP contribution in [0, 0.1) is 12.8 Å². The van der Waals surface area contributed by atoms with Gasteiger partial charge in [0.1, 0.15) is 17.5 Å². The number of nitrogens with two attached hydrogens (primary N) is 1. The molecule has 4 aliphatic rings. The normalized spacial score (nSPS) is 22.6. The van der Waals surface area contributed by atoms with Crippen molar-refractivity contribution in [2.24, 2.45) is 5.92 Å². The predicted molar refractivity (Wildman–Crippen MR) is 229 cm³/mol. The number of likely N-dealkylation sites (tertiary alicyclic amines) is 2. The minimum atomic E-state index is -3.04. The summed E-state index contributed by atoms with van der Waals surface area (Å²) in [6.45, 7) is 6.46. The molecule has 0 unspecified atom stereocenters. The lowest BCUT2D eigenvalue weighted by atomic mass is 9.90. The van der Waals surface area contributed by atoms with E-state index in [0.717, 1.165) is 35.0 Å². The first kappa shape index (κ1) is 41.2. The number of nitrogens with zero attached hydrogens (tertiary/aromatic N) is 8. The number of aromatic nitrogens is 4. The molecule has 324 valence electrons. The fraction of sp³-hybridized carbons (Fsp3) is 0.422. The Morgan fingerprint density at radius 2 is 1.77 bits per heavy atom. The van der Waals surface area contributed by atoms with Crippen molar-refractivity contribution in [2.75, 3.05) is 67.9 Å². The van der Waals surface area contributed by atoms with Gasteiger partial charge < -0.3 is 34.8 Å². The molecule has 17 heteroatoms. The SMILES string of the molecule is Cc1cn(C2CCN(C[C@@H]3CCN(C(=O)c4ccc([C@@H]5CN(c6cc(-c7ccccc7O)nnc6N)C[C@H](C)O5)cc4)CC3(F)F)CC2)c2ncc(N3CCC(=O)NC3=O)cc12. The maximum atomic E-state index is 15.8. The lowest BCUT2D eigenvalue weighted by Gasteiger charge is -2.42. The maximum absolute atomic E-state index is 15.8. The summed E-state index contributed by atoms with van der Waals surface area (Å²) in [5, 5.41) is 22.1. The molecule has 3 atom stereocenters. The van der Waals surface area contributed by atoms with Crippen LogP contribution in [0.4, 0.5) is 30.8 Å². The molecule has 4 aliphatic heterocycles. The second kappa shape index (κ2) is 16.6. The third-order valence-electron chi connectivity index (χ3n) is 12.8. The zero-order chi connectivity index (χ0) is 43.3. The number of benzene rings is 2. The van der Waals surface area contributed by atoms with E-state index in [4.69, 9.17) is 15.5 Å². The minimum absolute atomic E-state index is 0.0861. The number of para-hydroxylation sites is 1. The number of morpholine rings is 1. The van der Waals surface area contributed by atoms with Gasteiger partial charge in [-0.25, -0.2) is 18.6 Å². The summed E-state index contributed by atoms with van der Waals surface area (Å²) in [4.78, 5) is 49.4. The van der Waals surface area contributed by atoms with Crippen LogP contribution in [-0.4, -0.2) is 117 Å². The number of hydrogen-bond donors (Lipinski definition) is 3. The standard InChI is InChI=1S/C45H50F2N10O5/c1-27-22-57(42-35(27)19-33(21-49-42)56-18-14-40(59)50-44(56)61)32-12-15-53(16-13-32)24-31-11-17-54(26-45(31,46)47)43(60)30-9-7-29(8-10-30)39-25-55(23-28(2)62-39)37-20-36(51-52-41(37)48)34-5-3-4-6-38(34)58/h3-10,19-22,28,31-32,39,58H,11-18,23-26H2,1-2H3,(H2,48,52)(H,50,59,61)/t28-,31-,39-/m0/s1. The van der Waals surface area contributed by atoms with E-state index in [1.165, 1.54) is 9.80 Å². The van der Waals surface area contributed by atoms with Crippen LogP contribution in [0.1, 0.15) is 66.2 Å². The third-order valence-corrected chi connectivity index (χ3v) is 12.8. The number of alkyl halides is 2. The number of imide groups is 1. The van der Waals surface area contributed by atoms with E-state index in [0.29, 0.717) is 60.9 Å². The van der Waals surface area contributed by atoms with Gasteiger partial charge in [0.2, 0.25) is 5.91 Å². The Bertz CT molecular complexity index is 2510. The highest BCUT2D eigenvalue weighted by Gasteiger charge is 2.46. The highest BCUT2D eigenvalue weighted by Crippen LogP contribution is 2.38. The number of pyridine rings is 1. The van der Waals surface area contributed by atoms with E-state index in [9.17, 15) is 19.5 Å². The van der Waals surface area contributed by atoms with Gasteiger partial charge in [-0.1, -0.05) is 24.3 Å². The van der Waals surface area contributed by atoms with Gasteiger partial charge in [-0.05, 0) is 80.6 Å². The summed E-state index contributed by atoms with van der Waals surface area (Å²) in [5.41, 5.74) is 11.6. The summed E-state index contributed by atoms with van der Waals surface area (Å²) in [7, 11) is 0. The van der Waals surface area contributed by atoms with Crippen molar-refractivity contribution in [1.29, 1.82) is 0 Å². The van der Waals surface area contributed by atoms with Crippen LogP contribution in [-0.2, 0) is 9.53 Å². The summed E-state index contributed by atoms with van der Waals surface area (Å²) in [6, 6.07) is 17.3. The van der Waals surface area contributed by atoms with Gasteiger partial charge in [0.05, 0.1) is 35.9 Å². The average molecular weight is 849 g/mol. The Hall–Kier alpha value is -6.20. The maximum Gasteiger partial charge on any atom is 0.328 e. The molecule has 0 saturated carbocycles. The second-order valence-electron chi connectivity index (χ2n) is 17.0. The van der Waals surface area contributed by atoms with E-state index in [1.807, 2.05) is 44.2 Å². The summed E-state index contributed by atoms with van der Waals surface area (Å²) < 4.78 is 40.2. The molecule has 4 saturated heterocycles. The first-order valence-electron chi connectivity index (χ1n) is 21.2. The topological polar surface area (TPSA) is 175 Å². The molecule has 0 radical (unpaired) electrons. The van der Waals surface area contributed by atoms with Gasteiger partial charge in [0, 0.05) is 86.9 Å². The number of fused-ring (bicyclic) bond motifs is 1. The van der Waals surface area contributed by atoms with E-state index in [1.54, 1.807) is 36.5 Å². The van der Waals surface area contributed by atoms with Crippen LogP contribution in [0.2, 0.25) is 0 Å². The fourth-order valence-corrected chi connectivity index (χ4v) is 9.42. The van der Waals surface area contributed by atoms with Crippen LogP contribution in [0.25, 0.3) is 22.3 Å². The smallest absolute Gasteiger partial charge is 0.328 e. The van der Waals surface area contributed by atoms with Crippen molar-refractivity contribution in [3.63, 3.8) is 0 Å². The molecule has 7 heterocycles. The molecule has 5 aromatic rings. The molecule has 62 heavy (non-hydrogen) atoms. The van der Waals surface area contributed by atoms with Gasteiger partial charge >= 0.3 is 6.03 Å². The minimum Gasteiger partial charge on any atom is -0.507 e. The number of aryl methyl sites for hydroxylation is 1. The van der Waals surface area contributed by atoms with Gasteiger partial charge in [-0.15, -0.1) is 10.2 Å². The van der Waals surface area contributed by atoms with E-state index in [2.05, 4.69) is 36.1 Å². The zero-order valence-corrected chi connectivity index (χ0v) is 34.7. The number of carbonyl (C=O) groups excluding carboxylic acids is 3. The number of phenolic OH excluding ortho intramolecular Hbond substituents is 1. The number of phenols is 1. The van der Waals surface area contributed by atoms with Crippen molar-refractivity contribution in [1.82, 2.24) is 34.9 Å². The molecule has 0 spiro atoms. The van der Waals surface area contributed by atoms with E-state index < -0.39 is 30.3 Å². The molecule has 9 rings (SSSR count). The van der Waals surface area contributed by atoms with Crippen molar-refractivity contribution >= 4 is 46.1 Å². The summed E-state index contributed by atoms with van der Waals surface area (Å²) >= 11 is 0. The quantitative estimate of drug-likeness (QED) is 0.169. The predicted octanol–water partition coefficient (Wildman–Crippen LogP) is 5.94. The summed E-state index contributed by atoms with van der Waals surface area (Å²) in [6.07, 6.45) is 5.19. The highest BCUT2D eigenvalue weighted by molar-refractivity contribution is 6.06. The number of piperidine rings is 2. The first-order chi connectivity index (χ1) is 29.8. The Morgan fingerprint density at radius 1 is 1.00 bits per heavy atom. The van der Waals surface area contributed by atoms with Gasteiger partial charge in [-0.3, -0.25) is 19.8 Å². The number of carbonyl (C=O) groups is 3. The van der Waals surface area contributed by atoms with E-state index in [-0.39, 0.29) is 61.7 Å². The van der Waals surface area contributed by atoms with Crippen molar-refractivity contribution in [2.45, 2.75) is 63.7 Å². The molecule has 0 bridgehead atoms. The number of urea groups is 1. The van der Waals surface area contributed by atoms with Crippen LogP contribution < -0.4 is 20.9 Å². The molecule has 4 fully saturated rings. The lowest BCUT2D eigenvalue weighted by molar-refractivity contribution is -0.120. The number of ether oxygens (including phenoxy) is 1. The molecule has 2 aromatic carbocycles. The van der Waals surface area contributed by atoms with Gasteiger partial charge in [0.25, 0.3) is 11.8 Å². The van der Waals surface area contributed by atoms with Crippen molar-refractivity contribution < 1.29 is 33.0 Å². The number of amides is 4. The molecule has 4 amide bonds. The Balaban J connectivity index is 0.791. The molecular weight excluding hydrogens is 799 g/mol. The van der Waals surface area contributed by atoms with Crippen molar-refractivity contribution in [3.05, 3.63) is 89.7 Å². The molecular formula is C45H50F2N10O5. The molecule has 4 N–H and O–H groups in total. The Labute approximate surface area is 357 Å². The third kappa shape index (κ3) is 8.13. The lowest BCUT2D eigenvalue weighted by Crippen LogP contribution is -2.54. The van der Waals surface area contributed by atoms with Gasteiger partial charge in [0.15, 0.2) is 5.82 Å². The largest absolute Gasteiger partial charge is 0.507 e. The number of anilines is 3. The molecule has 3 aromatic heterocycles. The number of nitrogen functional groups attached to an aromatic ring is 1.